The van der Waals surface area contributed by atoms with Gasteiger partial charge in [0, 0.05) is 16.6 Å². The van der Waals surface area contributed by atoms with Gasteiger partial charge >= 0.3 is 0 Å². The molecule has 1 aromatic carbocycles. The van der Waals surface area contributed by atoms with Crippen LogP contribution in [0, 0.1) is 0 Å². The van der Waals surface area contributed by atoms with E-state index in [2.05, 4.69) is 0 Å². The Hall–Kier alpha value is -1.68. The minimum Gasteiger partial charge on any atom is -0.493 e. The summed E-state index contributed by atoms with van der Waals surface area (Å²) in [5.41, 5.74) is 6.33. The van der Waals surface area contributed by atoms with Crippen molar-refractivity contribution in [1.82, 2.24) is 0 Å². The fourth-order valence-electron chi connectivity index (χ4n) is 1.35. The van der Waals surface area contributed by atoms with Gasteiger partial charge in [-0.1, -0.05) is 6.07 Å². The van der Waals surface area contributed by atoms with Crippen molar-refractivity contribution < 1.29 is 9.47 Å². The van der Waals surface area contributed by atoms with E-state index in [1.165, 1.54) is 4.88 Å². The van der Waals surface area contributed by atoms with Crippen LogP contribution < -0.4 is 15.2 Å². The number of hydrogen-bond donors (Lipinski definition) is 1. The number of thiophene rings is 1. The summed E-state index contributed by atoms with van der Waals surface area (Å²) < 4.78 is 10.9. The lowest BCUT2D eigenvalue weighted by Crippen LogP contribution is -1.97. The van der Waals surface area contributed by atoms with Gasteiger partial charge in [-0.25, -0.2) is 0 Å². The molecule has 0 atom stereocenters. The molecule has 4 heteroatoms. The summed E-state index contributed by atoms with van der Waals surface area (Å²) in [5, 5.41) is 2.03. The molecule has 1 aromatic heterocycles. The van der Waals surface area contributed by atoms with E-state index in [-0.39, 0.29) is 0 Å². The number of benzene rings is 1. The molecule has 0 aliphatic rings. The second-order valence-electron chi connectivity index (χ2n) is 3.28. The molecule has 0 aliphatic heterocycles. The standard InChI is InChI=1S/C12H13NO2S/c1-14-12-7-9(13)4-5-11(12)15-8-10-3-2-6-16-10/h2-7H,8,13H2,1H3. The largest absolute Gasteiger partial charge is 0.493 e. The lowest BCUT2D eigenvalue weighted by atomic mass is 10.3. The number of ether oxygens (including phenoxy) is 2. The molecule has 0 amide bonds. The Morgan fingerprint density at radius 2 is 2.12 bits per heavy atom. The summed E-state index contributed by atoms with van der Waals surface area (Å²) in [6.45, 7) is 0.554. The molecule has 2 aromatic rings. The number of nitrogens with two attached hydrogens (primary N) is 1. The molecule has 16 heavy (non-hydrogen) atoms. The average molecular weight is 235 g/mol. The fraction of sp³-hybridized carbons (Fsp3) is 0.167. The van der Waals surface area contributed by atoms with Gasteiger partial charge in [-0.05, 0) is 23.6 Å². The maximum atomic E-state index is 5.66. The van der Waals surface area contributed by atoms with Crippen LogP contribution in [0.1, 0.15) is 4.88 Å². The average Bonchev–Trinajstić information content (AvgIpc) is 2.80. The lowest BCUT2D eigenvalue weighted by molar-refractivity contribution is 0.287. The molecule has 0 saturated carbocycles. The van der Waals surface area contributed by atoms with Crippen LogP contribution in [-0.4, -0.2) is 7.11 Å². The summed E-state index contributed by atoms with van der Waals surface area (Å²) in [6.07, 6.45) is 0. The molecule has 2 rings (SSSR count). The first-order valence-electron chi connectivity index (χ1n) is 4.88. The second-order valence-corrected chi connectivity index (χ2v) is 4.31. The Kier molecular flexibility index (Phi) is 3.31. The number of hydrogen-bond acceptors (Lipinski definition) is 4. The van der Waals surface area contributed by atoms with E-state index in [1.54, 1.807) is 30.6 Å². The van der Waals surface area contributed by atoms with Crippen LogP contribution in [0.15, 0.2) is 35.7 Å². The van der Waals surface area contributed by atoms with E-state index in [0.29, 0.717) is 23.8 Å². The lowest BCUT2D eigenvalue weighted by Gasteiger charge is -2.10. The van der Waals surface area contributed by atoms with Crippen molar-refractivity contribution in [2.45, 2.75) is 6.61 Å². The van der Waals surface area contributed by atoms with Gasteiger partial charge in [0.15, 0.2) is 11.5 Å². The van der Waals surface area contributed by atoms with Crippen LogP contribution in [0.5, 0.6) is 11.5 Å². The third-order valence-electron chi connectivity index (χ3n) is 2.14. The molecule has 0 fully saturated rings. The molecule has 0 bridgehead atoms. The van der Waals surface area contributed by atoms with Crippen LogP contribution in [0.3, 0.4) is 0 Å². The van der Waals surface area contributed by atoms with E-state index >= 15 is 0 Å². The van der Waals surface area contributed by atoms with E-state index in [0.717, 1.165) is 0 Å². The number of nitrogen functional groups attached to an aromatic ring is 1. The van der Waals surface area contributed by atoms with Gasteiger partial charge in [0.1, 0.15) is 6.61 Å². The van der Waals surface area contributed by atoms with Gasteiger partial charge in [0.25, 0.3) is 0 Å². The first-order chi connectivity index (χ1) is 7.79. The Balaban J connectivity index is 2.09. The summed E-state index contributed by atoms with van der Waals surface area (Å²) in [4.78, 5) is 1.18. The Morgan fingerprint density at radius 3 is 2.81 bits per heavy atom. The third-order valence-corrected chi connectivity index (χ3v) is 2.99. The second kappa shape index (κ2) is 4.90. The molecule has 0 saturated heterocycles. The minimum absolute atomic E-state index is 0.554. The van der Waals surface area contributed by atoms with Crippen molar-refractivity contribution in [1.29, 1.82) is 0 Å². The number of anilines is 1. The Morgan fingerprint density at radius 1 is 1.25 bits per heavy atom. The van der Waals surface area contributed by atoms with Crippen LogP contribution in [0.4, 0.5) is 5.69 Å². The predicted octanol–water partition coefficient (Wildman–Crippen LogP) is 2.92. The van der Waals surface area contributed by atoms with Crippen molar-refractivity contribution in [2.75, 3.05) is 12.8 Å². The van der Waals surface area contributed by atoms with Crippen LogP contribution in [0.25, 0.3) is 0 Å². The van der Waals surface area contributed by atoms with E-state index in [1.807, 2.05) is 23.6 Å². The van der Waals surface area contributed by atoms with Crippen molar-refractivity contribution in [3.8, 4) is 11.5 Å². The number of methoxy groups -OCH3 is 1. The van der Waals surface area contributed by atoms with Gasteiger partial charge in [-0.3, -0.25) is 0 Å². The highest BCUT2D eigenvalue weighted by Gasteiger charge is 2.05. The zero-order chi connectivity index (χ0) is 11.4. The SMILES string of the molecule is COc1cc(N)ccc1OCc1cccs1. The maximum Gasteiger partial charge on any atom is 0.162 e. The smallest absolute Gasteiger partial charge is 0.162 e. The summed E-state index contributed by atoms with van der Waals surface area (Å²) in [5.74, 6) is 1.38. The fourth-order valence-corrected chi connectivity index (χ4v) is 1.96. The Labute approximate surface area is 98.4 Å². The summed E-state index contributed by atoms with van der Waals surface area (Å²) in [7, 11) is 1.60. The summed E-state index contributed by atoms with van der Waals surface area (Å²) in [6, 6.07) is 9.41. The van der Waals surface area contributed by atoms with Gasteiger partial charge in [-0.2, -0.15) is 0 Å². The van der Waals surface area contributed by atoms with Gasteiger partial charge < -0.3 is 15.2 Å². The monoisotopic (exact) mass is 235 g/mol. The highest BCUT2D eigenvalue weighted by molar-refractivity contribution is 7.09. The molecular formula is C12H13NO2S. The normalized spacial score (nSPS) is 10.1. The van der Waals surface area contributed by atoms with Crippen molar-refractivity contribution in [3.05, 3.63) is 40.6 Å². The Bertz CT molecular complexity index is 454. The van der Waals surface area contributed by atoms with Crippen LogP contribution >= 0.6 is 11.3 Å². The summed E-state index contributed by atoms with van der Waals surface area (Å²) >= 11 is 1.67. The van der Waals surface area contributed by atoms with Crippen molar-refractivity contribution in [2.24, 2.45) is 0 Å². The van der Waals surface area contributed by atoms with E-state index in [9.17, 15) is 0 Å². The zero-order valence-corrected chi connectivity index (χ0v) is 9.79. The maximum absolute atomic E-state index is 5.66. The topological polar surface area (TPSA) is 44.5 Å². The molecule has 0 aliphatic carbocycles. The first-order valence-corrected chi connectivity index (χ1v) is 5.76. The predicted molar refractivity (Wildman–Crippen MR) is 66.1 cm³/mol. The molecule has 0 spiro atoms. The first kappa shape index (κ1) is 10.8. The van der Waals surface area contributed by atoms with E-state index in [4.69, 9.17) is 15.2 Å². The molecule has 0 radical (unpaired) electrons. The van der Waals surface area contributed by atoms with E-state index < -0.39 is 0 Å². The van der Waals surface area contributed by atoms with Gasteiger partial charge in [0.2, 0.25) is 0 Å². The molecule has 2 N–H and O–H groups in total. The third kappa shape index (κ3) is 2.46. The number of rotatable bonds is 4. The van der Waals surface area contributed by atoms with Gasteiger partial charge in [0.05, 0.1) is 7.11 Å². The van der Waals surface area contributed by atoms with Gasteiger partial charge in [-0.15, -0.1) is 11.3 Å². The molecular weight excluding hydrogens is 222 g/mol. The molecule has 3 nitrogen and oxygen atoms in total. The van der Waals surface area contributed by atoms with Crippen LogP contribution in [0.2, 0.25) is 0 Å². The van der Waals surface area contributed by atoms with Crippen LogP contribution in [-0.2, 0) is 6.61 Å². The molecule has 84 valence electrons. The quantitative estimate of drug-likeness (QED) is 0.829. The molecule has 1 heterocycles. The molecule has 0 unspecified atom stereocenters. The highest BCUT2D eigenvalue weighted by atomic mass is 32.1. The highest BCUT2D eigenvalue weighted by Crippen LogP contribution is 2.29. The minimum atomic E-state index is 0.554. The van der Waals surface area contributed by atoms with Crippen molar-refractivity contribution >= 4 is 17.0 Å². The van der Waals surface area contributed by atoms with Crippen molar-refractivity contribution in [3.63, 3.8) is 0 Å². The zero-order valence-electron chi connectivity index (χ0n) is 8.97.